The first-order chi connectivity index (χ1) is 10.1. The van der Waals surface area contributed by atoms with Crippen LogP contribution in [0.15, 0.2) is 18.2 Å². The first kappa shape index (κ1) is 17.5. The van der Waals surface area contributed by atoms with Gasteiger partial charge >= 0.3 is 0 Å². The van der Waals surface area contributed by atoms with Crippen molar-refractivity contribution in [2.45, 2.75) is 20.3 Å². The highest BCUT2D eigenvalue weighted by atomic mass is 16.5. The molecular formula is C16H26N2O3. The smallest absolute Gasteiger partial charge is 0.223 e. The lowest BCUT2D eigenvalue weighted by Crippen LogP contribution is -2.33. The van der Waals surface area contributed by atoms with E-state index in [1.165, 1.54) is 0 Å². The van der Waals surface area contributed by atoms with Crippen LogP contribution in [-0.4, -0.2) is 45.9 Å². The molecule has 2 N–H and O–H groups in total. The third-order valence-electron chi connectivity index (χ3n) is 2.90. The van der Waals surface area contributed by atoms with E-state index in [4.69, 9.17) is 9.47 Å². The third-order valence-corrected chi connectivity index (χ3v) is 2.90. The second-order valence-electron chi connectivity index (χ2n) is 5.01. The number of nitrogens with one attached hydrogen (secondary N) is 2. The van der Waals surface area contributed by atoms with Crippen molar-refractivity contribution in [3.63, 3.8) is 0 Å². The lowest BCUT2D eigenvalue weighted by molar-refractivity contribution is -0.121. The summed E-state index contributed by atoms with van der Waals surface area (Å²) in [5.41, 5.74) is 2.33. The Morgan fingerprint density at radius 2 is 1.76 bits per heavy atom. The number of rotatable bonds is 10. The van der Waals surface area contributed by atoms with Crippen LogP contribution in [-0.2, 0) is 9.53 Å². The minimum Gasteiger partial charge on any atom is -0.493 e. The highest BCUT2D eigenvalue weighted by Gasteiger charge is 2.02. The predicted molar refractivity (Wildman–Crippen MR) is 83.8 cm³/mol. The van der Waals surface area contributed by atoms with Crippen LogP contribution in [0, 0.1) is 13.8 Å². The molecule has 5 heteroatoms. The van der Waals surface area contributed by atoms with Gasteiger partial charge in [0.15, 0.2) is 0 Å². The van der Waals surface area contributed by atoms with E-state index in [1.807, 2.05) is 26.0 Å². The summed E-state index contributed by atoms with van der Waals surface area (Å²) in [6.07, 6.45) is 0.366. The lowest BCUT2D eigenvalue weighted by Gasteiger charge is -2.09. The molecule has 0 heterocycles. The highest BCUT2D eigenvalue weighted by Crippen LogP contribution is 2.16. The number of carbonyl (C=O) groups is 1. The molecule has 0 atom stereocenters. The monoisotopic (exact) mass is 294 g/mol. The van der Waals surface area contributed by atoms with Crippen LogP contribution in [0.1, 0.15) is 17.5 Å². The zero-order valence-electron chi connectivity index (χ0n) is 13.2. The molecule has 1 rings (SSSR count). The van der Waals surface area contributed by atoms with Crippen LogP contribution >= 0.6 is 0 Å². The van der Waals surface area contributed by atoms with E-state index in [-0.39, 0.29) is 5.91 Å². The fourth-order valence-electron chi connectivity index (χ4n) is 1.96. The van der Waals surface area contributed by atoms with Crippen molar-refractivity contribution >= 4 is 5.91 Å². The van der Waals surface area contributed by atoms with Gasteiger partial charge < -0.3 is 20.1 Å². The van der Waals surface area contributed by atoms with E-state index in [1.54, 1.807) is 7.11 Å². The van der Waals surface area contributed by atoms with Crippen LogP contribution in [0.25, 0.3) is 0 Å². The van der Waals surface area contributed by atoms with Gasteiger partial charge in [0.2, 0.25) is 5.91 Å². The van der Waals surface area contributed by atoms with Crippen molar-refractivity contribution in [2.24, 2.45) is 0 Å². The Bertz CT molecular complexity index is 415. The molecule has 0 saturated heterocycles. The van der Waals surface area contributed by atoms with Crippen LogP contribution < -0.4 is 15.4 Å². The standard InChI is InChI=1S/C16H26N2O3/c1-13-10-14(2)12-15(11-13)21-8-4-16(19)18-6-5-17-7-9-20-3/h10-12,17H,4-9H2,1-3H3,(H,18,19). The molecule has 21 heavy (non-hydrogen) atoms. The molecule has 1 aromatic rings. The Hall–Kier alpha value is -1.59. The summed E-state index contributed by atoms with van der Waals surface area (Å²) in [7, 11) is 1.67. The van der Waals surface area contributed by atoms with E-state index in [0.717, 1.165) is 30.0 Å². The minimum absolute atomic E-state index is 0.00733. The Morgan fingerprint density at radius 1 is 1.05 bits per heavy atom. The van der Waals surface area contributed by atoms with Gasteiger partial charge in [0.25, 0.3) is 0 Å². The number of hydrogen-bond acceptors (Lipinski definition) is 4. The van der Waals surface area contributed by atoms with Crippen LogP contribution in [0.2, 0.25) is 0 Å². The molecular weight excluding hydrogens is 268 g/mol. The Kier molecular flexibility index (Phi) is 8.47. The molecule has 0 unspecified atom stereocenters. The summed E-state index contributed by atoms with van der Waals surface area (Å²) >= 11 is 0. The van der Waals surface area contributed by atoms with Crippen molar-refractivity contribution in [1.82, 2.24) is 10.6 Å². The van der Waals surface area contributed by atoms with Crippen molar-refractivity contribution < 1.29 is 14.3 Å². The zero-order chi connectivity index (χ0) is 15.5. The van der Waals surface area contributed by atoms with Gasteiger partial charge in [0, 0.05) is 26.7 Å². The average molecular weight is 294 g/mol. The maximum atomic E-state index is 11.6. The van der Waals surface area contributed by atoms with Gasteiger partial charge in [-0.1, -0.05) is 6.07 Å². The largest absolute Gasteiger partial charge is 0.493 e. The Labute approximate surface area is 127 Å². The molecule has 0 aliphatic carbocycles. The van der Waals surface area contributed by atoms with Gasteiger partial charge in [-0.3, -0.25) is 4.79 Å². The lowest BCUT2D eigenvalue weighted by atomic mass is 10.1. The summed E-state index contributed by atoms with van der Waals surface area (Å²) < 4.78 is 10.5. The fraction of sp³-hybridized carbons (Fsp3) is 0.562. The molecule has 0 saturated carbocycles. The van der Waals surface area contributed by atoms with Crippen molar-refractivity contribution in [1.29, 1.82) is 0 Å². The molecule has 0 spiro atoms. The number of carbonyl (C=O) groups excluding carboxylic acids is 1. The quantitative estimate of drug-likeness (QED) is 0.641. The van der Waals surface area contributed by atoms with Crippen LogP contribution in [0.5, 0.6) is 5.75 Å². The van der Waals surface area contributed by atoms with Crippen LogP contribution in [0.4, 0.5) is 0 Å². The molecule has 118 valence electrons. The number of methoxy groups -OCH3 is 1. The first-order valence-electron chi connectivity index (χ1n) is 7.29. The summed E-state index contributed by atoms with van der Waals surface area (Å²) in [6.45, 7) is 7.29. The normalized spacial score (nSPS) is 10.4. The number of hydrogen-bond donors (Lipinski definition) is 2. The second-order valence-corrected chi connectivity index (χ2v) is 5.01. The molecule has 0 bridgehead atoms. The van der Waals surface area contributed by atoms with Gasteiger partial charge in [0.1, 0.15) is 5.75 Å². The minimum atomic E-state index is 0.00733. The maximum absolute atomic E-state index is 11.6. The molecule has 1 aromatic carbocycles. The van der Waals surface area contributed by atoms with Gasteiger partial charge in [-0.15, -0.1) is 0 Å². The molecule has 0 fully saturated rings. The Balaban J connectivity index is 2.10. The average Bonchev–Trinajstić information content (AvgIpc) is 2.41. The number of aryl methyl sites for hydroxylation is 2. The van der Waals surface area contributed by atoms with Gasteiger partial charge in [-0.2, -0.15) is 0 Å². The molecule has 0 aliphatic rings. The van der Waals surface area contributed by atoms with Crippen molar-refractivity contribution in [3.05, 3.63) is 29.3 Å². The number of ether oxygens (including phenoxy) is 2. The van der Waals surface area contributed by atoms with E-state index in [0.29, 0.717) is 26.2 Å². The van der Waals surface area contributed by atoms with Crippen molar-refractivity contribution in [3.8, 4) is 5.75 Å². The molecule has 0 aliphatic heterocycles. The SMILES string of the molecule is COCCNCCNC(=O)CCOc1cc(C)cc(C)c1. The second kappa shape index (κ2) is 10.2. The summed E-state index contributed by atoms with van der Waals surface area (Å²) in [4.78, 5) is 11.6. The van der Waals surface area contributed by atoms with Gasteiger partial charge in [-0.05, 0) is 37.1 Å². The number of amides is 1. The Morgan fingerprint density at radius 3 is 2.43 bits per heavy atom. The molecule has 0 radical (unpaired) electrons. The molecule has 1 amide bonds. The maximum Gasteiger partial charge on any atom is 0.223 e. The topological polar surface area (TPSA) is 59.6 Å². The summed E-state index contributed by atoms with van der Waals surface area (Å²) in [5, 5.41) is 6.01. The van der Waals surface area contributed by atoms with E-state index in [2.05, 4.69) is 16.7 Å². The van der Waals surface area contributed by atoms with Gasteiger partial charge in [-0.25, -0.2) is 0 Å². The molecule has 5 nitrogen and oxygen atoms in total. The number of benzene rings is 1. The third kappa shape index (κ3) is 8.32. The fourth-order valence-corrected chi connectivity index (χ4v) is 1.96. The predicted octanol–water partition coefficient (Wildman–Crippen LogP) is 1.42. The first-order valence-corrected chi connectivity index (χ1v) is 7.29. The summed E-state index contributed by atoms with van der Waals surface area (Å²) in [6, 6.07) is 6.05. The van der Waals surface area contributed by atoms with Gasteiger partial charge in [0.05, 0.1) is 19.6 Å². The van der Waals surface area contributed by atoms with E-state index in [9.17, 15) is 4.79 Å². The van der Waals surface area contributed by atoms with Crippen molar-refractivity contribution in [2.75, 3.05) is 40.0 Å². The van der Waals surface area contributed by atoms with E-state index >= 15 is 0 Å². The highest BCUT2D eigenvalue weighted by molar-refractivity contribution is 5.75. The van der Waals surface area contributed by atoms with E-state index < -0.39 is 0 Å². The molecule has 0 aromatic heterocycles. The summed E-state index contributed by atoms with van der Waals surface area (Å²) in [5.74, 6) is 0.828. The zero-order valence-corrected chi connectivity index (χ0v) is 13.2. The van der Waals surface area contributed by atoms with Crippen LogP contribution in [0.3, 0.4) is 0 Å².